The van der Waals surface area contributed by atoms with Crippen LogP contribution in [0.5, 0.6) is 5.75 Å². The van der Waals surface area contributed by atoms with E-state index in [1.165, 1.54) is 36.1 Å². The maximum absolute atomic E-state index is 10.6. The van der Waals surface area contributed by atoms with Crippen LogP contribution in [0.3, 0.4) is 0 Å². The molecule has 1 atom stereocenters. The third-order valence-electron chi connectivity index (χ3n) is 3.85. The van der Waals surface area contributed by atoms with E-state index in [0.717, 1.165) is 16.2 Å². The summed E-state index contributed by atoms with van der Waals surface area (Å²) in [4.78, 5) is 2.54. The van der Waals surface area contributed by atoms with Gasteiger partial charge in [0.15, 0.2) is 0 Å². The average Bonchev–Trinajstić information content (AvgIpc) is 2.90. The summed E-state index contributed by atoms with van der Waals surface area (Å²) in [5.74, 6) is 0.853. The van der Waals surface area contributed by atoms with E-state index in [4.69, 9.17) is 4.74 Å². The molecule has 0 amide bonds. The van der Waals surface area contributed by atoms with E-state index in [9.17, 15) is 5.11 Å². The molecule has 3 rings (SSSR count). The molecule has 0 aliphatic heterocycles. The van der Waals surface area contributed by atoms with Gasteiger partial charge in [-0.15, -0.1) is 11.3 Å². The third kappa shape index (κ3) is 3.30. The van der Waals surface area contributed by atoms with Crippen molar-refractivity contribution >= 4 is 11.3 Å². The standard InChI is InChI=1S/C18H22O2S/c1-12(2)20-15-9-7-13(8-10-15)18(19)17-11-14-5-3-4-6-16(14)21-17/h7-12,18-19H,3-6H2,1-2H3. The highest BCUT2D eigenvalue weighted by Gasteiger charge is 2.18. The van der Waals surface area contributed by atoms with Crippen molar-refractivity contribution in [1.82, 2.24) is 0 Å². The van der Waals surface area contributed by atoms with Crippen LogP contribution in [0.15, 0.2) is 30.3 Å². The van der Waals surface area contributed by atoms with Gasteiger partial charge in [-0.2, -0.15) is 0 Å². The van der Waals surface area contributed by atoms with Crippen LogP contribution in [0.1, 0.15) is 53.7 Å². The summed E-state index contributed by atoms with van der Waals surface area (Å²) in [5, 5.41) is 10.6. The molecule has 0 saturated heterocycles. The summed E-state index contributed by atoms with van der Waals surface area (Å²) in [7, 11) is 0. The maximum atomic E-state index is 10.6. The molecule has 1 aromatic carbocycles. The minimum absolute atomic E-state index is 0.171. The Morgan fingerprint density at radius 3 is 2.48 bits per heavy atom. The van der Waals surface area contributed by atoms with E-state index >= 15 is 0 Å². The summed E-state index contributed by atoms with van der Waals surface area (Å²) >= 11 is 1.77. The fraction of sp³-hybridized carbons (Fsp3) is 0.444. The molecule has 2 nitrogen and oxygen atoms in total. The Hall–Kier alpha value is -1.32. The van der Waals surface area contributed by atoms with Crippen LogP contribution in [0.2, 0.25) is 0 Å². The third-order valence-corrected chi connectivity index (χ3v) is 5.14. The summed E-state index contributed by atoms with van der Waals surface area (Å²) in [5.41, 5.74) is 2.38. The van der Waals surface area contributed by atoms with Crippen LogP contribution in [-0.4, -0.2) is 11.2 Å². The van der Waals surface area contributed by atoms with E-state index < -0.39 is 6.10 Å². The molecule has 1 aliphatic rings. The van der Waals surface area contributed by atoms with Crippen LogP contribution in [-0.2, 0) is 12.8 Å². The lowest BCUT2D eigenvalue weighted by atomic mass is 9.98. The molecule has 1 aromatic heterocycles. The van der Waals surface area contributed by atoms with Crippen molar-refractivity contribution in [3.8, 4) is 5.75 Å². The number of hydrogen-bond acceptors (Lipinski definition) is 3. The number of thiophene rings is 1. The molecule has 1 N–H and O–H groups in total. The van der Waals surface area contributed by atoms with Gasteiger partial charge in [-0.05, 0) is 68.9 Å². The summed E-state index contributed by atoms with van der Waals surface area (Å²) in [6.07, 6.45) is 4.55. The first-order chi connectivity index (χ1) is 10.1. The van der Waals surface area contributed by atoms with Crippen LogP contribution in [0.4, 0.5) is 0 Å². The van der Waals surface area contributed by atoms with Crippen LogP contribution < -0.4 is 4.74 Å². The SMILES string of the molecule is CC(C)Oc1ccc(C(O)c2cc3c(s2)CCCC3)cc1. The number of aliphatic hydroxyl groups is 1. The zero-order chi connectivity index (χ0) is 14.8. The van der Waals surface area contributed by atoms with Crippen molar-refractivity contribution in [2.75, 3.05) is 0 Å². The molecule has 1 aliphatic carbocycles. The molecule has 1 unspecified atom stereocenters. The van der Waals surface area contributed by atoms with Crippen LogP contribution in [0, 0.1) is 0 Å². The predicted octanol–water partition coefficient (Wildman–Crippen LogP) is 4.50. The van der Waals surface area contributed by atoms with Gasteiger partial charge >= 0.3 is 0 Å². The zero-order valence-electron chi connectivity index (χ0n) is 12.6. The second-order valence-electron chi connectivity index (χ2n) is 5.94. The van der Waals surface area contributed by atoms with Gasteiger partial charge in [0.25, 0.3) is 0 Å². The molecule has 3 heteroatoms. The molecular weight excluding hydrogens is 280 g/mol. The first-order valence-electron chi connectivity index (χ1n) is 7.69. The highest BCUT2D eigenvalue weighted by atomic mass is 32.1. The number of fused-ring (bicyclic) bond motifs is 1. The lowest BCUT2D eigenvalue weighted by Gasteiger charge is -2.12. The smallest absolute Gasteiger partial charge is 0.119 e. The lowest BCUT2D eigenvalue weighted by Crippen LogP contribution is -2.05. The molecule has 0 radical (unpaired) electrons. The molecule has 2 aromatic rings. The maximum Gasteiger partial charge on any atom is 0.119 e. The number of benzene rings is 1. The Kier molecular flexibility index (Phi) is 4.32. The first kappa shape index (κ1) is 14.6. The van der Waals surface area contributed by atoms with Crippen molar-refractivity contribution in [2.45, 2.75) is 51.7 Å². The average molecular weight is 302 g/mol. The van der Waals surface area contributed by atoms with Gasteiger partial charge in [0.1, 0.15) is 11.9 Å². The number of ether oxygens (including phenoxy) is 1. The molecule has 0 saturated carbocycles. The highest BCUT2D eigenvalue weighted by molar-refractivity contribution is 7.12. The minimum Gasteiger partial charge on any atom is -0.491 e. The molecule has 0 spiro atoms. The Labute approximate surface area is 130 Å². The van der Waals surface area contributed by atoms with Crippen molar-refractivity contribution in [2.24, 2.45) is 0 Å². The van der Waals surface area contributed by atoms with Gasteiger partial charge in [0.2, 0.25) is 0 Å². The molecule has 112 valence electrons. The van der Waals surface area contributed by atoms with Crippen molar-refractivity contribution in [1.29, 1.82) is 0 Å². The van der Waals surface area contributed by atoms with E-state index in [1.807, 2.05) is 38.1 Å². The van der Waals surface area contributed by atoms with Crippen molar-refractivity contribution < 1.29 is 9.84 Å². The molecular formula is C18H22O2S. The zero-order valence-corrected chi connectivity index (χ0v) is 13.5. The van der Waals surface area contributed by atoms with E-state index in [1.54, 1.807) is 11.3 Å². The Bertz CT molecular complexity index is 575. The molecule has 21 heavy (non-hydrogen) atoms. The monoisotopic (exact) mass is 302 g/mol. The second kappa shape index (κ2) is 6.20. The van der Waals surface area contributed by atoms with Gasteiger partial charge in [0, 0.05) is 9.75 Å². The van der Waals surface area contributed by atoms with Crippen LogP contribution >= 0.6 is 11.3 Å². The van der Waals surface area contributed by atoms with Crippen molar-refractivity contribution in [3.05, 3.63) is 51.2 Å². The summed E-state index contributed by atoms with van der Waals surface area (Å²) < 4.78 is 5.64. The summed E-state index contributed by atoms with van der Waals surface area (Å²) in [6, 6.07) is 9.99. The first-order valence-corrected chi connectivity index (χ1v) is 8.51. The second-order valence-corrected chi connectivity index (χ2v) is 7.11. The topological polar surface area (TPSA) is 29.5 Å². The molecule has 0 fully saturated rings. The fourth-order valence-corrected chi connectivity index (χ4v) is 4.09. The Balaban J connectivity index is 1.78. The quantitative estimate of drug-likeness (QED) is 0.901. The van der Waals surface area contributed by atoms with Gasteiger partial charge in [0.05, 0.1) is 6.10 Å². The largest absolute Gasteiger partial charge is 0.491 e. The van der Waals surface area contributed by atoms with E-state index in [0.29, 0.717) is 0 Å². The van der Waals surface area contributed by atoms with Crippen LogP contribution in [0.25, 0.3) is 0 Å². The normalized spacial score (nSPS) is 15.8. The highest BCUT2D eigenvalue weighted by Crippen LogP contribution is 2.35. The Morgan fingerprint density at radius 2 is 1.81 bits per heavy atom. The molecule has 0 bridgehead atoms. The van der Waals surface area contributed by atoms with Crippen molar-refractivity contribution in [3.63, 3.8) is 0 Å². The van der Waals surface area contributed by atoms with E-state index in [2.05, 4.69) is 6.07 Å². The molecule has 1 heterocycles. The number of hydrogen-bond donors (Lipinski definition) is 1. The number of aryl methyl sites for hydroxylation is 2. The number of rotatable bonds is 4. The summed E-state index contributed by atoms with van der Waals surface area (Å²) in [6.45, 7) is 4.03. The minimum atomic E-state index is -0.520. The van der Waals surface area contributed by atoms with Gasteiger partial charge < -0.3 is 9.84 Å². The van der Waals surface area contributed by atoms with E-state index in [-0.39, 0.29) is 6.10 Å². The van der Waals surface area contributed by atoms with Gasteiger partial charge in [-0.25, -0.2) is 0 Å². The Morgan fingerprint density at radius 1 is 1.10 bits per heavy atom. The lowest BCUT2D eigenvalue weighted by molar-refractivity contribution is 0.223. The van der Waals surface area contributed by atoms with Gasteiger partial charge in [-0.3, -0.25) is 0 Å². The fourth-order valence-electron chi connectivity index (χ4n) is 2.81. The number of aliphatic hydroxyl groups excluding tert-OH is 1. The predicted molar refractivity (Wildman–Crippen MR) is 87.2 cm³/mol. The van der Waals surface area contributed by atoms with Gasteiger partial charge in [-0.1, -0.05) is 12.1 Å².